The van der Waals surface area contributed by atoms with Crippen LogP contribution in [0.2, 0.25) is 5.02 Å². The lowest BCUT2D eigenvalue weighted by atomic mass is 10.1. The minimum Gasteiger partial charge on any atom is -0.380 e. The van der Waals surface area contributed by atoms with Crippen molar-refractivity contribution in [1.82, 2.24) is 0 Å². The van der Waals surface area contributed by atoms with Crippen LogP contribution < -0.4 is 5.32 Å². The fourth-order valence-corrected chi connectivity index (χ4v) is 2.12. The van der Waals surface area contributed by atoms with Gasteiger partial charge in [0.15, 0.2) is 0 Å². The Hall–Kier alpha value is -2.58. The molecule has 0 aliphatic rings. The number of halogens is 1. The van der Waals surface area contributed by atoms with Gasteiger partial charge in [-0.1, -0.05) is 23.7 Å². The zero-order valence-corrected chi connectivity index (χ0v) is 12.0. The van der Waals surface area contributed by atoms with E-state index in [4.69, 9.17) is 16.9 Å². The summed E-state index contributed by atoms with van der Waals surface area (Å²) in [4.78, 5) is 10.4. The van der Waals surface area contributed by atoms with Gasteiger partial charge in [-0.2, -0.15) is 5.26 Å². The second-order valence-corrected chi connectivity index (χ2v) is 4.95. The van der Waals surface area contributed by atoms with Crippen LogP contribution in [0.25, 0.3) is 0 Å². The molecule has 0 fully saturated rings. The van der Waals surface area contributed by atoms with Crippen molar-refractivity contribution < 1.29 is 4.92 Å². The number of hydrogen-bond acceptors (Lipinski definition) is 4. The first kappa shape index (κ1) is 14.8. The van der Waals surface area contributed by atoms with E-state index in [1.54, 1.807) is 25.1 Å². The van der Waals surface area contributed by atoms with Crippen LogP contribution in [-0.2, 0) is 6.54 Å². The maximum atomic E-state index is 10.8. The van der Waals surface area contributed by atoms with E-state index in [-0.39, 0.29) is 5.69 Å². The van der Waals surface area contributed by atoms with E-state index in [1.165, 1.54) is 6.07 Å². The second kappa shape index (κ2) is 6.25. The Morgan fingerprint density at radius 1 is 1.33 bits per heavy atom. The largest absolute Gasteiger partial charge is 0.380 e. The zero-order chi connectivity index (χ0) is 15.4. The third kappa shape index (κ3) is 3.50. The smallest absolute Gasteiger partial charge is 0.273 e. The zero-order valence-electron chi connectivity index (χ0n) is 11.3. The van der Waals surface area contributed by atoms with Crippen molar-refractivity contribution in [2.45, 2.75) is 13.5 Å². The Bertz CT molecular complexity index is 721. The average Bonchev–Trinajstić information content (AvgIpc) is 2.48. The molecule has 0 spiro atoms. The van der Waals surface area contributed by atoms with Crippen molar-refractivity contribution in [3.8, 4) is 6.07 Å². The van der Waals surface area contributed by atoms with E-state index in [0.717, 1.165) is 5.56 Å². The first-order valence-corrected chi connectivity index (χ1v) is 6.56. The number of nitrogens with one attached hydrogen (secondary N) is 1. The van der Waals surface area contributed by atoms with E-state index < -0.39 is 4.92 Å². The lowest BCUT2D eigenvalue weighted by Gasteiger charge is -2.10. The summed E-state index contributed by atoms with van der Waals surface area (Å²) >= 11 is 6.05. The van der Waals surface area contributed by atoms with Gasteiger partial charge in [0.25, 0.3) is 5.69 Å². The van der Waals surface area contributed by atoms with Gasteiger partial charge in [-0.15, -0.1) is 0 Å². The molecule has 0 radical (unpaired) electrons. The summed E-state index contributed by atoms with van der Waals surface area (Å²) in [5, 5.41) is 23.0. The summed E-state index contributed by atoms with van der Waals surface area (Å²) in [6, 6.07) is 12.2. The van der Waals surface area contributed by atoms with E-state index >= 15 is 0 Å². The number of nitro groups is 1. The van der Waals surface area contributed by atoms with Gasteiger partial charge in [0.05, 0.1) is 27.3 Å². The lowest BCUT2D eigenvalue weighted by Crippen LogP contribution is -2.01. The van der Waals surface area contributed by atoms with Crippen molar-refractivity contribution in [3.63, 3.8) is 0 Å². The van der Waals surface area contributed by atoms with Crippen molar-refractivity contribution in [3.05, 3.63) is 68.2 Å². The van der Waals surface area contributed by atoms with Gasteiger partial charge in [0.1, 0.15) is 0 Å². The highest BCUT2D eigenvalue weighted by Gasteiger charge is 2.14. The van der Waals surface area contributed by atoms with Gasteiger partial charge in [-0.3, -0.25) is 10.1 Å². The quantitative estimate of drug-likeness (QED) is 0.682. The molecule has 0 unspecified atom stereocenters. The first-order chi connectivity index (χ1) is 10.0. The van der Waals surface area contributed by atoms with Crippen molar-refractivity contribution in [2.75, 3.05) is 5.32 Å². The second-order valence-electron chi connectivity index (χ2n) is 4.54. The molecule has 2 aromatic rings. The van der Waals surface area contributed by atoms with Crippen LogP contribution in [0, 0.1) is 28.4 Å². The highest BCUT2D eigenvalue weighted by molar-refractivity contribution is 6.33. The van der Waals surface area contributed by atoms with Gasteiger partial charge in [-0.25, -0.2) is 0 Å². The van der Waals surface area contributed by atoms with Crippen molar-refractivity contribution >= 4 is 23.0 Å². The van der Waals surface area contributed by atoms with Crippen LogP contribution in [0.1, 0.15) is 16.7 Å². The van der Waals surface area contributed by atoms with E-state index in [0.29, 0.717) is 28.4 Å². The Labute approximate surface area is 126 Å². The fraction of sp³-hybridized carbons (Fsp3) is 0.133. The lowest BCUT2D eigenvalue weighted by molar-refractivity contribution is -0.385. The topological polar surface area (TPSA) is 79.0 Å². The first-order valence-electron chi connectivity index (χ1n) is 6.18. The Morgan fingerprint density at radius 3 is 2.57 bits per heavy atom. The number of aryl methyl sites for hydroxylation is 1. The summed E-state index contributed by atoms with van der Waals surface area (Å²) in [7, 11) is 0. The third-order valence-electron chi connectivity index (χ3n) is 3.05. The van der Waals surface area contributed by atoms with Crippen molar-refractivity contribution in [1.29, 1.82) is 5.26 Å². The number of nitrogens with zero attached hydrogens (tertiary/aromatic N) is 2. The van der Waals surface area contributed by atoms with Crippen LogP contribution >= 0.6 is 11.6 Å². The highest BCUT2D eigenvalue weighted by Crippen LogP contribution is 2.30. The van der Waals surface area contributed by atoms with Crippen LogP contribution in [0.15, 0.2) is 36.4 Å². The van der Waals surface area contributed by atoms with Gasteiger partial charge in [-0.05, 0) is 30.7 Å². The molecule has 5 nitrogen and oxygen atoms in total. The summed E-state index contributed by atoms with van der Waals surface area (Å²) in [6.07, 6.45) is 0. The maximum Gasteiger partial charge on any atom is 0.273 e. The Morgan fingerprint density at radius 2 is 2.00 bits per heavy atom. The molecule has 21 heavy (non-hydrogen) atoms. The molecular weight excluding hydrogens is 290 g/mol. The number of benzene rings is 2. The minimum atomic E-state index is -0.453. The molecule has 0 saturated heterocycles. The molecule has 2 rings (SSSR count). The standard InChI is InChI=1S/C15H12ClN3O2/c1-10-6-14(13(16)7-15(10)19(20)21)18-9-12-4-2-11(8-17)3-5-12/h2-7,18H,9H2,1H3. The van der Waals surface area contributed by atoms with Gasteiger partial charge in [0, 0.05) is 18.2 Å². The Balaban J connectivity index is 2.14. The van der Waals surface area contributed by atoms with Gasteiger partial charge < -0.3 is 5.32 Å². The average molecular weight is 302 g/mol. The monoisotopic (exact) mass is 301 g/mol. The maximum absolute atomic E-state index is 10.8. The number of anilines is 1. The van der Waals surface area contributed by atoms with Crippen LogP contribution in [0.3, 0.4) is 0 Å². The van der Waals surface area contributed by atoms with Crippen molar-refractivity contribution in [2.24, 2.45) is 0 Å². The predicted molar refractivity (Wildman–Crippen MR) is 81.3 cm³/mol. The van der Waals surface area contributed by atoms with E-state index in [2.05, 4.69) is 11.4 Å². The normalized spacial score (nSPS) is 9.95. The molecule has 0 saturated carbocycles. The molecule has 0 amide bonds. The number of rotatable bonds is 4. The molecular formula is C15H12ClN3O2. The number of nitro benzene ring substituents is 1. The van der Waals surface area contributed by atoms with Gasteiger partial charge >= 0.3 is 0 Å². The SMILES string of the molecule is Cc1cc(NCc2ccc(C#N)cc2)c(Cl)cc1[N+](=O)[O-]. The molecule has 0 heterocycles. The predicted octanol–water partition coefficient (Wildman–Crippen LogP) is 4.04. The molecule has 0 aliphatic carbocycles. The summed E-state index contributed by atoms with van der Waals surface area (Å²) in [5.41, 5.74) is 2.78. The molecule has 0 aromatic heterocycles. The third-order valence-corrected chi connectivity index (χ3v) is 3.36. The highest BCUT2D eigenvalue weighted by atomic mass is 35.5. The summed E-state index contributed by atoms with van der Waals surface area (Å²) < 4.78 is 0. The molecule has 0 bridgehead atoms. The number of hydrogen-bond donors (Lipinski definition) is 1. The molecule has 2 aromatic carbocycles. The molecule has 1 N–H and O–H groups in total. The Kier molecular flexibility index (Phi) is 4.41. The molecule has 0 aliphatic heterocycles. The summed E-state index contributed by atoms with van der Waals surface area (Å²) in [5.74, 6) is 0. The van der Waals surface area contributed by atoms with E-state index in [9.17, 15) is 10.1 Å². The molecule has 6 heteroatoms. The van der Waals surface area contributed by atoms with E-state index in [1.807, 2.05) is 12.1 Å². The van der Waals surface area contributed by atoms with Crippen LogP contribution in [0.4, 0.5) is 11.4 Å². The van der Waals surface area contributed by atoms with Crippen LogP contribution in [0.5, 0.6) is 0 Å². The van der Waals surface area contributed by atoms with Gasteiger partial charge in [0.2, 0.25) is 0 Å². The minimum absolute atomic E-state index is 0.00363. The fourth-order valence-electron chi connectivity index (χ4n) is 1.90. The summed E-state index contributed by atoms with van der Waals surface area (Å²) in [6.45, 7) is 2.18. The number of nitriles is 1. The molecule has 106 valence electrons. The van der Waals surface area contributed by atoms with Crippen LogP contribution in [-0.4, -0.2) is 4.92 Å². The molecule has 0 atom stereocenters.